The molecule has 164 valence electrons. The summed E-state index contributed by atoms with van der Waals surface area (Å²) in [7, 11) is 1.82. The van der Waals surface area contributed by atoms with E-state index in [0.717, 1.165) is 30.8 Å². The van der Waals surface area contributed by atoms with Gasteiger partial charge in [-0.2, -0.15) is 0 Å². The maximum atomic E-state index is 14.5. The Morgan fingerprint density at radius 1 is 1.22 bits per heavy atom. The van der Waals surface area contributed by atoms with Crippen molar-refractivity contribution in [2.45, 2.75) is 37.8 Å². The highest BCUT2D eigenvalue weighted by molar-refractivity contribution is 5.92. The third kappa shape index (κ3) is 4.01. The fraction of sp³-hybridized carbons (Fsp3) is 0.333. The molecule has 1 aliphatic carbocycles. The van der Waals surface area contributed by atoms with Gasteiger partial charge in [0.1, 0.15) is 17.7 Å². The van der Waals surface area contributed by atoms with Gasteiger partial charge in [0.15, 0.2) is 17.5 Å². The highest BCUT2D eigenvalue weighted by Crippen LogP contribution is 2.27. The minimum atomic E-state index is -0.524. The van der Waals surface area contributed by atoms with Gasteiger partial charge in [-0.15, -0.1) is 0 Å². The van der Waals surface area contributed by atoms with E-state index in [0.29, 0.717) is 29.1 Å². The molecule has 4 aromatic heterocycles. The number of nitrogens with one attached hydrogen (secondary N) is 3. The first-order valence-electron chi connectivity index (χ1n) is 10.4. The van der Waals surface area contributed by atoms with Gasteiger partial charge < -0.3 is 20.2 Å². The summed E-state index contributed by atoms with van der Waals surface area (Å²) in [5, 5.41) is 7.01. The number of nitrogens with zero attached hydrogens (tertiary/aromatic N) is 6. The maximum Gasteiger partial charge on any atom is 0.271 e. The summed E-state index contributed by atoms with van der Waals surface area (Å²) in [6, 6.07) is -0.0489. The van der Waals surface area contributed by atoms with Gasteiger partial charge >= 0.3 is 0 Å². The molecule has 1 fully saturated rings. The van der Waals surface area contributed by atoms with Gasteiger partial charge in [0.2, 0.25) is 0 Å². The van der Waals surface area contributed by atoms with E-state index in [2.05, 4.69) is 40.5 Å². The highest BCUT2D eigenvalue weighted by Gasteiger charge is 2.25. The Bertz CT molecular complexity index is 1270. The molecule has 5 rings (SSSR count). The van der Waals surface area contributed by atoms with Gasteiger partial charge in [-0.25, -0.2) is 29.3 Å². The summed E-state index contributed by atoms with van der Waals surface area (Å²) in [5.41, 5.74) is 1.75. The molecule has 32 heavy (non-hydrogen) atoms. The number of halogens is 1. The van der Waals surface area contributed by atoms with Crippen LogP contribution in [0.15, 0.2) is 37.4 Å². The molecule has 2 atom stereocenters. The number of aromatic amines is 1. The molecule has 11 heteroatoms. The number of H-pyrrole nitrogens is 1. The van der Waals surface area contributed by atoms with Crippen LogP contribution in [0.3, 0.4) is 0 Å². The lowest BCUT2D eigenvalue weighted by Gasteiger charge is -2.30. The number of hydrogen-bond donors (Lipinski definition) is 3. The second-order valence-electron chi connectivity index (χ2n) is 7.98. The first-order chi connectivity index (χ1) is 15.6. The van der Waals surface area contributed by atoms with Gasteiger partial charge in [-0.3, -0.25) is 4.79 Å². The van der Waals surface area contributed by atoms with E-state index in [9.17, 15) is 9.18 Å². The monoisotopic (exact) mass is 435 g/mol. The number of anilines is 1. The fourth-order valence-corrected chi connectivity index (χ4v) is 4.08. The molecule has 0 spiro atoms. The molecule has 0 aromatic carbocycles. The molecule has 4 heterocycles. The molecule has 0 radical (unpaired) electrons. The molecule has 3 N–H and O–H groups in total. The molecule has 10 nitrogen and oxygen atoms in total. The molecule has 1 aliphatic rings. The molecular formula is C21H22FN9O. The quantitative estimate of drug-likeness (QED) is 0.439. The van der Waals surface area contributed by atoms with E-state index in [1.807, 2.05) is 7.05 Å². The van der Waals surface area contributed by atoms with Gasteiger partial charge in [0, 0.05) is 48.7 Å². The normalized spacial score (nSPS) is 18.6. The largest absolute Gasteiger partial charge is 0.365 e. The van der Waals surface area contributed by atoms with E-state index >= 15 is 0 Å². The van der Waals surface area contributed by atoms with Crippen molar-refractivity contribution in [1.29, 1.82) is 0 Å². The van der Waals surface area contributed by atoms with E-state index in [1.54, 1.807) is 29.5 Å². The van der Waals surface area contributed by atoms with Crippen LogP contribution in [0, 0.1) is 5.82 Å². The topological polar surface area (TPSA) is 126 Å². The van der Waals surface area contributed by atoms with Crippen LogP contribution >= 0.6 is 0 Å². The zero-order valence-electron chi connectivity index (χ0n) is 17.4. The predicted octanol–water partition coefficient (Wildman–Crippen LogP) is 2.44. The van der Waals surface area contributed by atoms with Crippen molar-refractivity contribution >= 4 is 22.8 Å². The molecule has 0 aliphatic heterocycles. The second kappa shape index (κ2) is 8.33. The zero-order chi connectivity index (χ0) is 22.1. The molecule has 4 aromatic rings. The number of rotatable bonds is 5. The Morgan fingerprint density at radius 2 is 2.09 bits per heavy atom. The number of amides is 1. The molecule has 0 saturated heterocycles. The minimum absolute atomic E-state index is 0.0223. The summed E-state index contributed by atoms with van der Waals surface area (Å²) in [6.45, 7) is 0. The smallest absolute Gasteiger partial charge is 0.271 e. The maximum absolute atomic E-state index is 14.5. The third-order valence-electron chi connectivity index (χ3n) is 5.63. The summed E-state index contributed by atoms with van der Waals surface area (Å²) >= 11 is 0. The van der Waals surface area contributed by atoms with E-state index in [1.165, 1.54) is 6.33 Å². The molecule has 1 amide bonds. The van der Waals surface area contributed by atoms with Crippen LogP contribution in [0.1, 0.15) is 36.2 Å². The number of hydrogen-bond acceptors (Lipinski definition) is 7. The highest BCUT2D eigenvalue weighted by atomic mass is 19.1. The average Bonchev–Trinajstić information content (AvgIpc) is 3.42. The summed E-state index contributed by atoms with van der Waals surface area (Å²) in [6.07, 6.45) is 12.6. The number of aromatic nitrogens is 7. The lowest BCUT2D eigenvalue weighted by molar-refractivity contribution is 0.0921. The van der Waals surface area contributed by atoms with Crippen LogP contribution < -0.4 is 10.6 Å². The van der Waals surface area contributed by atoms with Gasteiger partial charge in [-0.1, -0.05) is 0 Å². The number of carbonyl (C=O) groups excluding carboxylic acids is 1. The van der Waals surface area contributed by atoms with Gasteiger partial charge in [-0.05, 0) is 25.7 Å². The number of fused-ring (bicyclic) bond motifs is 1. The minimum Gasteiger partial charge on any atom is -0.365 e. The number of imidazole rings is 1. The van der Waals surface area contributed by atoms with Crippen molar-refractivity contribution in [2.75, 3.05) is 5.32 Å². The molecule has 1 unspecified atom stereocenters. The third-order valence-corrected chi connectivity index (χ3v) is 5.63. The van der Waals surface area contributed by atoms with Crippen LogP contribution in [0.25, 0.3) is 22.4 Å². The Labute approximate surface area is 182 Å². The Hall–Kier alpha value is -3.89. The van der Waals surface area contributed by atoms with Crippen LogP contribution in [-0.4, -0.2) is 52.5 Å². The Kier molecular flexibility index (Phi) is 5.21. The Balaban J connectivity index is 1.30. The number of aryl methyl sites for hydroxylation is 1. The summed E-state index contributed by atoms with van der Waals surface area (Å²) in [5.74, 6) is -0.202. The van der Waals surface area contributed by atoms with Crippen molar-refractivity contribution in [3.63, 3.8) is 0 Å². The zero-order valence-corrected chi connectivity index (χ0v) is 17.4. The summed E-state index contributed by atoms with van der Waals surface area (Å²) in [4.78, 5) is 36.3. The van der Waals surface area contributed by atoms with Crippen LogP contribution in [0.2, 0.25) is 0 Å². The predicted molar refractivity (Wildman–Crippen MR) is 115 cm³/mol. The average molecular weight is 435 g/mol. The van der Waals surface area contributed by atoms with Crippen molar-refractivity contribution in [3.8, 4) is 11.4 Å². The van der Waals surface area contributed by atoms with Gasteiger partial charge in [0.25, 0.3) is 5.91 Å². The fourth-order valence-electron chi connectivity index (χ4n) is 4.08. The Morgan fingerprint density at radius 3 is 2.94 bits per heavy atom. The SMILES string of the molecule is Cn1cnc(C(=O)N[C@H]2CCCC(Nc3nc(-c4c[nH]c5ncncc45)ncc3F)C2)c1. The molecule has 0 bridgehead atoms. The van der Waals surface area contributed by atoms with Crippen LogP contribution in [-0.2, 0) is 7.05 Å². The first kappa shape index (κ1) is 20.0. The van der Waals surface area contributed by atoms with Crippen molar-refractivity contribution < 1.29 is 9.18 Å². The van der Waals surface area contributed by atoms with E-state index < -0.39 is 5.82 Å². The number of carbonyl (C=O) groups is 1. The lowest BCUT2D eigenvalue weighted by atomic mass is 9.91. The van der Waals surface area contributed by atoms with E-state index in [-0.39, 0.29) is 23.8 Å². The van der Waals surface area contributed by atoms with Crippen molar-refractivity contribution in [3.05, 3.63) is 49.0 Å². The second-order valence-corrected chi connectivity index (χ2v) is 7.98. The van der Waals surface area contributed by atoms with Crippen molar-refractivity contribution in [1.82, 2.24) is 39.8 Å². The first-order valence-corrected chi connectivity index (χ1v) is 10.4. The van der Waals surface area contributed by atoms with Crippen LogP contribution in [0.5, 0.6) is 0 Å². The van der Waals surface area contributed by atoms with Gasteiger partial charge in [0.05, 0.1) is 12.5 Å². The standard InChI is InChI=1S/C21H22FN9O/c1-31-9-17(27-11-31)21(32)29-13-4-2-3-12(5-13)28-20-16(22)8-25-19(30-20)15-7-24-18-14(15)6-23-10-26-18/h6-13H,2-5H2,1H3,(H,29,32)(H,23,24,26)(H,25,28,30)/t12?,13-/m0/s1. The van der Waals surface area contributed by atoms with Crippen molar-refractivity contribution in [2.24, 2.45) is 7.05 Å². The molecular weight excluding hydrogens is 413 g/mol. The van der Waals surface area contributed by atoms with E-state index in [4.69, 9.17) is 0 Å². The summed E-state index contributed by atoms with van der Waals surface area (Å²) < 4.78 is 16.2. The lowest BCUT2D eigenvalue weighted by Crippen LogP contribution is -2.42. The molecule has 1 saturated carbocycles. The van der Waals surface area contributed by atoms with Crippen LogP contribution in [0.4, 0.5) is 10.2 Å².